The second-order valence-electron chi connectivity index (χ2n) is 4.46. The van der Waals surface area contributed by atoms with Crippen LogP contribution in [0.3, 0.4) is 0 Å². The van der Waals surface area contributed by atoms with Crippen molar-refractivity contribution < 1.29 is 19.0 Å². The van der Waals surface area contributed by atoms with Crippen molar-refractivity contribution in [3.63, 3.8) is 0 Å². The van der Waals surface area contributed by atoms with Gasteiger partial charge < -0.3 is 19.5 Å². The Morgan fingerprint density at radius 2 is 2.00 bits per heavy atom. The maximum absolute atomic E-state index is 10.9. The molecule has 16 heavy (non-hydrogen) atoms. The molecule has 5 heteroatoms. The largest absolute Gasteiger partial charge is 0.447 e. The molecule has 96 valence electrons. The van der Waals surface area contributed by atoms with E-state index in [0.29, 0.717) is 19.1 Å². The van der Waals surface area contributed by atoms with Gasteiger partial charge in [-0.3, -0.25) is 0 Å². The van der Waals surface area contributed by atoms with Crippen LogP contribution in [0.15, 0.2) is 0 Å². The Labute approximate surface area is 97.4 Å². The standard InChI is InChI=1S/C11H23NO4/c1-9(6-14-5)7-16-11(2,3)8-15-10(13)12-4/h9H,6-8H2,1-5H3,(H,12,13). The summed E-state index contributed by atoms with van der Waals surface area (Å²) in [6.45, 7) is 7.28. The van der Waals surface area contributed by atoms with E-state index in [0.717, 1.165) is 0 Å². The second-order valence-corrected chi connectivity index (χ2v) is 4.46. The van der Waals surface area contributed by atoms with Crippen LogP contribution in [0.2, 0.25) is 0 Å². The number of rotatable bonds is 7. The monoisotopic (exact) mass is 233 g/mol. The summed E-state index contributed by atoms with van der Waals surface area (Å²) < 4.78 is 15.6. The lowest BCUT2D eigenvalue weighted by Gasteiger charge is -2.26. The molecule has 0 bridgehead atoms. The van der Waals surface area contributed by atoms with Gasteiger partial charge in [0.2, 0.25) is 0 Å². The zero-order chi connectivity index (χ0) is 12.6. The number of alkyl carbamates (subject to hydrolysis) is 1. The van der Waals surface area contributed by atoms with Crippen LogP contribution < -0.4 is 5.32 Å². The van der Waals surface area contributed by atoms with E-state index >= 15 is 0 Å². The SMILES string of the molecule is CNC(=O)OCC(C)(C)OCC(C)COC. The molecule has 5 nitrogen and oxygen atoms in total. The molecule has 0 rings (SSSR count). The minimum atomic E-state index is -0.478. The smallest absolute Gasteiger partial charge is 0.406 e. The van der Waals surface area contributed by atoms with E-state index in [1.165, 1.54) is 7.05 Å². The summed E-state index contributed by atoms with van der Waals surface area (Å²) in [7, 11) is 3.19. The lowest BCUT2D eigenvalue weighted by Crippen LogP contribution is -2.35. The Balaban J connectivity index is 3.81. The van der Waals surface area contributed by atoms with E-state index in [9.17, 15) is 4.79 Å². The third kappa shape index (κ3) is 7.48. The summed E-state index contributed by atoms with van der Waals surface area (Å²) in [5, 5.41) is 2.39. The van der Waals surface area contributed by atoms with Crippen molar-refractivity contribution in [1.82, 2.24) is 5.32 Å². The van der Waals surface area contributed by atoms with E-state index < -0.39 is 11.7 Å². The van der Waals surface area contributed by atoms with Crippen molar-refractivity contribution in [1.29, 1.82) is 0 Å². The van der Waals surface area contributed by atoms with Gasteiger partial charge in [0.25, 0.3) is 0 Å². The fraction of sp³-hybridized carbons (Fsp3) is 0.909. The molecule has 0 saturated carbocycles. The number of amides is 1. The molecule has 0 spiro atoms. The summed E-state index contributed by atoms with van der Waals surface area (Å²) in [5.74, 6) is 0.323. The summed E-state index contributed by atoms with van der Waals surface area (Å²) in [6, 6.07) is 0. The third-order valence-corrected chi connectivity index (χ3v) is 1.96. The Morgan fingerprint density at radius 1 is 1.38 bits per heavy atom. The van der Waals surface area contributed by atoms with E-state index in [1.807, 2.05) is 20.8 Å². The number of nitrogens with one attached hydrogen (secondary N) is 1. The highest BCUT2D eigenvalue weighted by atomic mass is 16.6. The predicted molar refractivity (Wildman–Crippen MR) is 61.5 cm³/mol. The average Bonchev–Trinajstić information content (AvgIpc) is 2.24. The first-order valence-corrected chi connectivity index (χ1v) is 5.38. The lowest BCUT2D eigenvalue weighted by molar-refractivity contribution is -0.0741. The van der Waals surface area contributed by atoms with E-state index in [4.69, 9.17) is 14.2 Å². The van der Waals surface area contributed by atoms with Gasteiger partial charge in [-0.25, -0.2) is 4.79 Å². The van der Waals surface area contributed by atoms with Crippen LogP contribution in [0.25, 0.3) is 0 Å². The van der Waals surface area contributed by atoms with Crippen LogP contribution in [-0.2, 0) is 14.2 Å². The quantitative estimate of drug-likeness (QED) is 0.722. The van der Waals surface area contributed by atoms with Gasteiger partial charge in [0, 0.05) is 20.1 Å². The zero-order valence-corrected chi connectivity index (χ0v) is 10.8. The highest BCUT2D eigenvalue weighted by molar-refractivity contribution is 5.66. The minimum absolute atomic E-state index is 0.229. The number of hydrogen-bond acceptors (Lipinski definition) is 4. The van der Waals surface area contributed by atoms with Gasteiger partial charge in [-0.15, -0.1) is 0 Å². The van der Waals surface area contributed by atoms with Gasteiger partial charge in [-0.2, -0.15) is 0 Å². The highest BCUT2D eigenvalue weighted by Gasteiger charge is 2.21. The zero-order valence-electron chi connectivity index (χ0n) is 10.8. The van der Waals surface area contributed by atoms with Crippen LogP contribution >= 0.6 is 0 Å². The Hall–Kier alpha value is -0.810. The molecule has 0 saturated heterocycles. The fourth-order valence-electron chi connectivity index (χ4n) is 1.05. The van der Waals surface area contributed by atoms with Crippen LogP contribution in [-0.4, -0.2) is 45.7 Å². The topological polar surface area (TPSA) is 56.8 Å². The van der Waals surface area contributed by atoms with Gasteiger partial charge in [0.05, 0.1) is 18.8 Å². The van der Waals surface area contributed by atoms with Crippen molar-refractivity contribution in [2.75, 3.05) is 34.0 Å². The van der Waals surface area contributed by atoms with Crippen LogP contribution in [0.5, 0.6) is 0 Å². The molecule has 0 aliphatic heterocycles. The molecule has 0 aliphatic carbocycles. The van der Waals surface area contributed by atoms with E-state index in [1.54, 1.807) is 7.11 Å². The van der Waals surface area contributed by atoms with E-state index in [2.05, 4.69) is 5.32 Å². The van der Waals surface area contributed by atoms with Gasteiger partial charge in [0.15, 0.2) is 0 Å². The Morgan fingerprint density at radius 3 is 2.50 bits per heavy atom. The number of hydrogen-bond donors (Lipinski definition) is 1. The van der Waals surface area contributed by atoms with Crippen LogP contribution in [0, 0.1) is 5.92 Å². The van der Waals surface area contributed by atoms with Crippen molar-refractivity contribution >= 4 is 6.09 Å². The molecule has 0 fully saturated rings. The first kappa shape index (κ1) is 15.2. The van der Waals surface area contributed by atoms with Crippen molar-refractivity contribution in [2.45, 2.75) is 26.4 Å². The molecule has 1 unspecified atom stereocenters. The maximum Gasteiger partial charge on any atom is 0.406 e. The molecule has 0 heterocycles. The van der Waals surface area contributed by atoms with Gasteiger partial charge in [-0.1, -0.05) is 6.92 Å². The predicted octanol–water partition coefficient (Wildman–Crippen LogP) is 1.42. The normalized spacial score (nSPS) is 13.3. The second kappa shape index (κ2) is 7.46. The molecule has 0 aliphatic rings. The first-order valence-electron chi connectivity index (χ1n) is 5.38. The molecule has 1 amide bonds. The van der Waals surface area contributed by atoms with Crippen molar-refractivity contribution in [3.05, 3.63) is 0 Å². The van der Waals surface area contributed by atoms with Gasteiger partial charge in [0.1, 0.15) is 6.61 Å². The molecule has 0 aromatic rings. The molecule has 0 aromatic heterocycles. The summed E-state index contributed by atoms with van der Waals surface area (Å²) in [4.78, 5) is 10.9. The first-order chi connectivity index (χ1) is 7.41. The van der Waals surface area contributed by atoms with Gasteiger partial charge in [-0.05, 0) is 13.8 Å². The summed E-state index contributed by atoms with van der Waals surface area (Å²) >= 11 is 0. The van der Waals surface area contributed by atoms with E-state index in [-0.39, 0.29) is 6.61 Å². The number of methoxy groups -OCH3 is 1. The van der Waals surface area contributed by atoms with Crippen molar-refractivity contribution in [2.24, 2.45) is 5.92 Å². The summed E-state index contributed by atoms with van der Waals surface area (Å²) in [5.41, 5.74) is -0.478. The Kier molecular flexibility index (Phi) is 7.08. The molecular formula is C11H23NO4. The highest BCUT2D eigenvalue weighted by Crippen LogP contribution is 2.12. The van der Waals surface area contributed by atoms with Crippen LogP contribution in [0.4, 0.5) is 4.79 Å². The molecule has 0 radical (unpaired) electrons. The molecule has 0 aromatic carbocycles. The molecule has 1 N–H and O–H groups in total. The molecular weight excluding hydrogens is 210 g/mol. The maximum atomic E-state index is 10.9. The lowest BCUT2D eigenvalue weighted by atomic mass is 10.1. The number of carbonyl (C=O) groups is 1. The molecule has 1 atom stereocenters. The third-order valence-electron chi connectivity index (χ3n) is 1.96. The number of carbonyl (C=O) groups excluding carboxylic acids is 1. The summed E-state index contributed by atoms with van der Waals surface area (Å²) in [6.07, 6.45) is -0.443. The average molecular weight is 233 g/mol. The number of ether oxygens (including phenoxy) is 3. The van der Waals surface area contributed by atoms with Gasteiger partial charge >= 0.3 is 6.09 Å². The fourth-order valence-corrected chi connectivity index (χ4v) is 1.05. The van der Waals surface area contributed by atoms with Crippen LogP contribution in [0.1, 0.15) is 20.8 Å². The van der Waals surface area contributed by atoms with Crippen molar-refractivity contribution in [3.8, 4) is 0 Å². The minimum Gasteiger partial charge on any atom is -0.447 e. The Bertz CT molecular complexity index is 206.